The van der Waals surface area contributed by atoms with E-state index in [-0.39, 0.29) is 0 Å². The average Bonchev–Trinajstić information content (AvgIpc) is 1.96. The quantitative estimate of drug-likeness (QED) is 0.432. The predicted molar refractivity (Wildman–Crippen MR) is 39.0 cm³/mol. The summed E-state index contributed by atoms with van der Waals surface area (Å²) in [6, 6.07) is 0. The molecule has 0 aliphatic carbocycles. The summed E-state index contributed by atoms with van der Waals surface area (Å²) in [5.74, 6) is 0. The Morgan fingerprint density at radius 1 is 1.58 bits per heavy atom. The average molecular weight is 171 g/mol. The lowest BCUT2D eigenvalue weighted by Gasteiger charge is -1.93. The predicted octanol–water partition coefficient (Wildman–Crippen LogP) is -1.02. The van der Waals surface area contributed by atoms with Crippen molar-refractivity contribution in [3.8, 4) is 0 Å². The van der Waals surface area contributed by atoms with Crippen molar-refractivity contribution in [2.75, 3.05) is 0 Å². The molecule has 0 aliphatic heterocycles. The molecular formula is C5H5N3O4. The number of nitrogens with zero attached hydrogens (tertiary/aromatic N) is 2. The molecule has 0 fully saturated rings. The lowest BCUT2D eigenvalue weighted by Crippen LogP contribution is -2.28. The maximum Gasteiger partial charge on any atom is 0.350 e. The number of rotatable bonds is 1. The molecule has 1 N–H and O–H groups in total. The van der Waals surface area contributed by atoms with Crippen LogP contribution in [-0.4, -0.2) is 14.5 Å². The third-order valence-electron chi connectivity index (χ3n) is 1.29. The molecule has 12 heavy (non-hydrogen) atoms. The van der Waals surface area contributed by atoms with E-state index in [1.807, 2.05) is 0 Å². The molecular weight excluding hydrogens is 166 g/mol. The molecule has 0 saturated carbocycles. The van der Waals surface area contributed by atoms with Crippen LogP contribution in [0.2, 0.25) is 0 Å². The lowest BCUT2D eigenvalue weighted by molar-refractivity contribution is -0.386. The molecule has 1 rings (SSSR count). The van der Waals surface area contributed by atoms with Gasteiger partial charge in [0.25, 0.3) is 0 Å². The second kappa shape index (κ2) is 2.61. The van der Waals surface area contributed by atoms with Crippen molar-refractivity contribution in [3.63, 3.8) is 0 Å². The monoisotopic (exact) mass is 171 g/mol. The van der Waals surface area contributed by atoms with E-state index in [1.54, 1.807) is 4.98 Å². The molecule has 0 atom stereocenters. The Labute approximate surface area is 65.4 Å². The van der Waals surface area contributed by atoms with Crippen LogP contribution in [0.3, 0.4) is 0 Å². The Hall–Kier alpha value is -1.92. The Balaban J connectivity index is 3.54. The molecule has 0 radical (unpaired) electrons. The summed E-state index contributed by atoms with van der Waals surface area (Å²) in [5.41, 5.74) is -2.30. The lowest BCUT2D eigenvalue weighted by atomic mass is 10.5. The summed E-state index contributed by atoms with van der Waals surface area (Å²) in [6.45, 7) is 0. The fraction of sp³-hybridized carbons (Fsp3) is 0.200. The summed E-state index contributed by atoms with van der Waals surface area (Å²) in [6.07, 6.45) is 0.876. The zero-order valence-corrected chi connectivity index (χ0v) is 6.10. The Kier molecular flexibility index (Phi) is 1.78. The van der Waals surface area contributed by atoms with Crippen LogP contribution < -0.4 is 11.2 Å². The van der Waals surface area contributed by atoms with Crippen molar-refractivity contribution in [1.82, 2.24) is 9.55 Å². The van der Waals surface area contributed by atoms with Gasteiger partial charge in [0.05, 0.1) is 11.1 Å². The normalized spacial score (nSPS) is 9.75. The molecule has 1 aromatic rings. The van der Waals surface area contributed by atoms with Gasteiger partial charge in [-0.3, -0.25) is 24.5 Å². The second-order valence-electron chi connectivity index (χ2n) is 2.14. The maximum absolute atomic E-state index is 10.7. The Morgan fingerprint density at radius 2 is 2.17 bits per heavy atom. The number of aryl methyl sites for hydroxylation is 1. The molecule has 0 bridgehead atoms. The van der Waals surface area contributed by atoms with Crippen LogP contribution in [-0.2, 0) is 7.05 Å². The Morgan fingerprint density at radius 3 is 2.67 bits per heavy atom. The van der Waals surface area contributed by atoms with Crippen LogP contribution in [0.5, 0.6) is 0 Å². The molecule has 7 heteroatoms. The third kappa shape index (κ3) is 1.24. The zero-order chi connectivity index (χ0) is 9.30. The molecule has 0 amide bonds. The maximum atomic E-state index is 10.7. The summed E-state index contributed by atoms with van der Waals surface area (Å²) in [7, 11) is 1.31. The molecule has 1 heterocycles. The van der Waals surface area contributed by atoms with Gasteiger partial charge in [-0.1, -0.05) is 0 Å². The summed E-state index contributed by atoms with van der Waals surface area (Å²) in [4.78, 5) is 32.5. The van der Waals surface area contributed by atoms with Crippen LogP contribution in [0.1, 0.15) is 0 Å². The van der Waals surface area contributed by atoms with E-state index in [0.717, 1.165) is 10.8 Å². The molecule has 7 nitrogen and oxygen atoms in total. The highest BCUT2D eigenvalue weighted by Crippen LogP contribution is 1.96. The van der Waals surface area contributed by atoms with E-state index in [0.29, 0.717) is 0 Å². The van der Waals surface area contributed by atoms with Crippen molar-refractivity contribution in [1.29, 1.82) is 0 Å². The van der Waals surface area contributed by atoms with Gasteiger partial charge >= 0.3 is 16.9 Å². The number of nitrogens with one attached hydrogen (secondary N) is 1. The first kappa shape index (κ1) is 8.18. The van der Waals surface area contributed by atoms with Gasteiger partial charge in [0.1, 0.15) is 0 Å². The minimum atomic E-state index is -0.983. The van der Waals surface area contributed by atoms with Crippen LogP contribution >= 0.6 is 0 Å². The minimum absolute atomic E-state index is 0.642. The smallest absolute Gasteiger partial charge is 0.297 e. The first-order valence-electron chi connectivity index (χ1n) is 2.96. The molecule has 0 aromatic carbocycles. The standard InChI is InChI=1S/C5H5N3O4/c1-7-2-3(8(11)12)4(9)6-5(7)10/h2H,1H3,(H,6,9,10). The number of H-pyrrole nitrogens is 1. The molecule has 0 unspecified atom stereocenters. The first-order valence-corrected chi connectivity index (χ1v) is 2.96. The van der Waals surface area contributed by atoms with E-state index in [4.69, 9.17) is 0 Å². The van der Waals surface area contributed by atoms with Crippen molar-refractivity contribution in [2.45, 2.75) is 0 Å². The number of nitro groups is 1. The van der Waals surface area contributed by atoms with Gasteiger partial charge in [0.2, 0.25) is 0 Å². The van der Waals surface area contributed by atoms with Gasteiger partial charge in [-0.05, 0) is 0 Å². The van der Waals surface area contributed by atoms with Crippen molar-refractivity contribution >= 4 is 5.69 Å². The van der Waals surface area contributed by atoms with Gasteiger partial charge in [0, 0.05) is 7.05 Å². The van der Waals surface area contributed by atoms with Crippen molar-refractivity contribution in [3.05, 3.63) is 37.1 Å². The van der Waals surface area contributed by atoms with Crippen LogP contribution in [0.4, 0.5) is 5.69 Å². The van der Waals surface area contributed by atoms with E-state index in [2.05, 4.69) is 0 Å². The van der Waals surface area contributed by atoms with Crippen molar-refractivity contribution < 1.29 is 4.92 Å². The molecule has 0 spiro atoms. The number of hydrogen-bond donors (Lipinski definition) is 1. The molecule has 0 saturated heterocycles. The van der Waals surface area contributed by atoms with Crippen LogP contribution in [0.25, 0.3) is 0 Å². The number of aromatic nitrogens is 2. The fourth-order valence-corrected chi connectivity index (χ4v) is 0.680. The van der Waals surface area contributed by atoms with Gasteiger partial charge < -0.3 is 0 Å². The van der Waals surface area contributed by atoms with Gasteiger partial charge in [-0.15, -0.1) is 0 Å². The number of hydrogen-bond acceptors (Lipinski definition) is 4. The molecule has 1 aromatic heterocycles. The highest BCUT2D eigenvalue weighted by atomic mass is 16.6. The fourth-order valence-electron chi connectivity index (χ4n) is 0.680. The molecule has 0 aliphatic rings. The minimum Gasteiger partial charge on any atom is -0.297 e. The highest BCUT2D eigenvalue weighted by Gasteiger charge is 2.12. The Bertz CT molecular complexity index is 429. The van der Waals surface area contributed by atoms with Crippen molar-refractivity contribution in [2.24, 2.45) is 7.05 Å². The number of aromatic amines is 1. The topological polar surface area (TPSA) is 98.0 Å². The van der Waals surface area contributed by atoms with E-state index < -0.39 is 21.9 Å². The second-order valence-corrected chi connectivity index (χ2v) is 2.14. The zero-order valence-electron chi connectivity index (χ0n) is 6.10. The van der Waals surface area contributed by atoms with Gasteiger partial charge in [-0.2, -0.15) is 0 Å². The van der Waals surface area contributed by atoms with E-state index in [1.165, 1.54) is 7.05 Å². The highest BCUT2D eigenvalue weighted by molar-refractivity contribution is 5.20. The summed E-state index contributed by atoms with van der Waals surface area (Å²) in [5, 5.41) is 10.2. The molecule has 64 valence electrons. The largest absolute Gasteiger partial charge is 0.350 e. The third-order valence-corrected chi connectivity index (χ3v) is 1.29. The summed E-state index contributed by atoms with van der Waals surface area (Å²) < 4.78 is 0.930. The SMILES string of the molecule is Cn1cc([N+](=O)[O-])c(=O)[nH]c1=O. The van der Waals surface area contributed by atoms with E-state index in [9.17, 15) is 19.7 Å². The van der Waals surface area contributed by atoms with Crippen LogP contribution in [0.15, 0.2) is 15.8 Å². The van der Waals surface area contributed by atoms with Gasteiger partial charge in [-0.25, -0.2) is 4.79 Å². The summed E-state index contributed by atoms with van der Waals surface area (Å²) >= 11 is 0. The van der Waals surface area contributed by atoms with Crippen LogP contribution in [0, 0.1) is 10.1 Å². The van der Waals surface area contributed by atoms with Gasteiger partial charge in [0.15, 0.2) is 0 Å². The first-order chi connectivity index (χ1) is 5.52. The van der Waals surface area contributed by atoms with E-state index >= 15 is 0 Å².